The van der Waals surface area contributed by atoms with Crippen molar-refractivity contribution in [2.45, 2.75) is 30.6 Å². The van der Waals surface area contributed by atoms with Crippen molar-refractivity contribution in [3.05, 3.63) is 58.3 Å². The monoisotopic (exact) mass is 440 g/mol. The van der Waals surface area contributed by atoms with Gasteiger partial charge in [-0.2, -0.15) is 0 Å². The Bertz CT molecular complexity index is 872. The maximum atomic E-state index is 13.6. The Labute approximate surface area is 162 Å². The van der Waals surface area contributed by atoms with Crippen LogP contribution in [0.25, 0.3) is 0 Å². The molecule has 2 aromatic rings. The molecule has 0 bridgehead atoms. The van der Waals surface area contributed by atoms with Crippen molar-refractivity contribution in [3.63, 3.8) is 0 Å². The van der Waals surface area contributed by atoms with Gasteiger partial charge in [-0.3, -0.25) is 4.72 Å². The van der Waals surface area contributed by atoms with E-state index in [0.29, 0.717) is 11.6 Å². The maximum absolute atomic E-state index is 13.6. The molecule has 3 rings (SSSR count). The number of benzene rings is 2. The number of nitrogens with zero attached hydrogens (tertiary/aromatic N) is 1. The van der Waals surface area contributed by atoms with Crippen molar-refractivity contribution in [1.82, 2.24) is 4.90 Å². The summed E-state index contributed by atoms with van der Waals surface area (Å²) in [6.07, 6.45) is 2.29. The highest BCUT2D eigenvalue weighted by Crippen LogP contribution is 2.28. The molecule has 0 saturated carbocycles. The van der Waals surface area contributed by atoms with Crippen LogP contribution in [-0.2, 0) is 10.0 Å². The SMILES string of the molecule is CCCN1CCC(c2ccc(NS(=O)(=O)c3ccc(Br)c(F)c3)cc2)C1. The van der Waals surface area contributed by atoms with E-state index >= 15 is 0 Å². The Balaban J connectivity index is 1.70. The minimum atomic E-state index is -3.82. The predicted molar refractivity (Wildman–Crippen MR) is 105 cm³/mol. The van der Waals surface area contributed by atoms with Gasteiger partial charge in [0.15, 0.2) is 0 Å². The van der Waals surface area contributed by atoms with Crippen molar-refractivity contribution < 1.29 is 12.8 Å². The van der Waals surface area contributed by atoms with E-state index in [4.69, 9.17) is 0 Å². The predicted octanol–water partition coefficient (Wildman–Crippen LogP) is 4.59. The zero-order valence-electron chi connectivity index (χ0n) is 14.6. The largest absolute Gasteiger partial charge is 0.303 e. The molecule has 1 aliphatic rings. The van der Waals surface area contributed by atoms with Crippen LogP contribution in [-0.4, -0.2) is 33.0 Å². The average Bonchev–Trinajstić information content (AvgIpc) is 3.06. The van der Waals surface area contributed by atoms with Crippen molar-refractivity contribution >= 4 is 31.6 Å². The summed E-state index contributed by atoms with van der Waals surface area (Å²) >= 11 is 3.02. The number of hydrogen-bond acceptors (Lipinski definition) is 3. The molecule has 7 heteroatoms. The van der Waals surface area contributed by atoms with Gasteiger partial charge in [-0.25, -0.2) is 12.8 Å². The summed E-state index contributed by atoms with van der Waals surface area (Å²) in [6, 6.07) is 11.2. The summed E-state index contributed by atoms with van der Waals surface area (Å²) in [5.41, 5.74) is 1.70. The van der Waals surface area contributed by atoms with E-state index in [1.54, 1.807) is 12.1 Å². The third-order valence-electron chi connectivity index (χ3n) is 4.65. The topological polar surface area (TPSA) is 49.4 Å². The van der Waals surface area contributed by atoms with E-state index in [2.05, 4.69) is 32.5 Å². The molecule has 4 nitrogen and oxygen atoms in total. The smallest absolute Gasteiger partial charge is 0.261 e. The van der Waals surface area contributed by atoms with Gasteiger partial charge in [0.25, 0.3) is 10.0 Å². The van der Waals surface area contributed by atoms with Crippen LogP contribution in [0.15, 0.2) is 51.8 Å². The summed E-state index contributed by atoms with van der Waals surface area (Å²) in [5, 5.41) is 0. The maximum Gasteiger partial charge on any atom is 0.261 e. The van der Waals surface area contributed by atoms with E-state index < -0.39 is 15.8 Å². The van der Waals surface area contributed by atoms with Crippen LogP contribution in [0.1, 0.15) is 31.2 Å². The molecule has 0 aliphatic carbocycles. The van der Waals surface area contributed by atoms with Gasteiger partial charge in [0.1, 0.15) is 5.82 Å². The molecular formula is C19H22BrFN2O2S. The summed E-state index contributed by atoms with van der Waals surface area (Å²) in [5.74, 6) is -0.117. The van der Waals surface area contributed by atoms with Crippen molar-refractivity contribution in [2.75, 3.05) is 24.4 Å². The van der Waals surface area contributed by atoms with Crippen LogP contribution >= 0.6 is 15.9 Å². The lowest BCUT2D eigenvalue weighted by Gasteiger charge is -2.15. The molecule has 1 unspecified atom stereocenters. The summed E-state index contributed by atoms with van der Waals surface area (Å²) < 4.78 is 41.2. The number of sulfonamides is 1. The molecule has 2 aromatic carbocycles. The Morgan fingerprint density at radius 1 is 1.23 bits per heavy atom. The van der Waals surface area contributed by atoms with Gasteiger partial charge in [0.05, 0.1) is 9.37 Å². The number of hydrogen-bond donors (Lipinski definition) is 1. The fraction of sp³-hybridized carbons (Fsp3) is 0.368. The Kier molecular flexibility index (Phi) is 5.99. The fourth-order valence-corrected chi connectivity index (χ4v) is 4.62. The highest BCUT2D eigenvalue weighted by Gasteiger charge is 2.23. The first-order chi connectivity index (χ1) is 12.4. The molecule has 1 saturated heterocycles. The second-order valence-corrected chi connectivity index (χ2v) is 9.13. The van der Waals surface area contributed by atoms with Crippen LogP contribution < -0.4 is 4.72 Å². The molecule has 140 valence electrons. The molecule has 0 aromatic heterocycles. The summed E-state index contributed by atoms with van der Waals surface area (Å²) in [7, 11) is -3.82. The lowest BCUT2D eigenvalue weighted by Crippen LogP contribution is -2.20. The third kappa shape index (κ3) is 4.45. The van der Waals surface area contributed by atoms with E-state index in [-0.39, 0.29) is 9.37 Å². The minimum absolute atomic E-state index is 0.103. The first kappa shape index (κ1) is 19.3. The fourth-order valence-electron chi connectivity index (χ4n) is 3.31. The lowest BCUT2D eigenvalue weighted by molar-refractivity contribution is 0.335. The summed E-state index contributed by atoms with van der Waals surface area (Å²) in [6.45, 7) is 5.47. The second kappa shape index (κ2) is 8.06. The molecule has 0 spiro atoms. The number of likely N-dealkylation sites (tertiary alicyclic amines) is 1. The zero-order chi connectivity index (χ0) is 18.7. The Morgan fingerprint density at radius 2 is 1.96 bits per heavy atom. The zero-order valence-corrected chi connectivity index (χ0v) is 17.0. The minimum Gasteiger partial charge on any atom is -0.303 e. The van der Waals surface area contributed by atoms with Gasteiger partial charge >= 0.3 is 0 Å². The quantitative estimate of drug-likeness (QED) is 0.714. The standard InChI is InChI=1S/C19H22BrFN2O2S/c1-2-10-23-11-9-15(13-23)14-3-5-16(6-4-14)22-26(24,25)17-7-8-18(20)19(21)12-17/h3-8,12,15,22H,2,9-11,13H2,1H3. The second-order valence-electron chi connectivity index (χ2n) is 6.59. The van der Waals surface area contributed by atoms with Gasteiger partial charge in [0, 0.05) is 12.2 Å². The Morgan fingerprint density at radius 3 is 2.62 bits per heavy atom. The number of nitrogens with one attached hydrogen (secondary N) is 1. The molecule has 1 atom stereocenters. The Hall–Kier alpha value is -1.44. The molecule has 1 fully saturated rings. The first-order valence-electron chi connectivity index (χ1n) is 8.69. The molecule has 0 amide bonds. The average molecular weight is 441 g/mol. The third-order valence-corrected chi connectivity index (χ3v) is 6.67. The summed E-state index contributed by atoms with van der Waals surface area (Å²) in [4.78, 5) is 2.36. The van der Waals surface area contributed by atoms with E-state index in [1.807, 2.05) is 12.1 Å². The molecule has 1 aliphatic heterocycles. The molecule has 1 heterocycles. The number of anilines is 1. The van der Waals surface area contributed by atoms with Gasteiger partial charge in [-0.15, -0.1) is 0 Å². The van der Waals surface area contributed by atoms with Gasteiger partial charge in [-0.05, 0) is 83.7 Å². The number of rotatable bonds is 6. The van der Waals surface area contributed by atoms with Gasteiger partial charge in [0.2, 0.25) is 0 Å². The first-order valence-corrected chi connectivity index (χ1v) is 11.0. The van der Waals surface area contributed by atoms with Crippen LogP contribution in [0.5, 0.6) is 0 Å². The van der Waals surface area contributed by atoms with Crippen molar-refractivity contribution in [1.29, 1.82) is 0 Å². The molecule has 0 radical (unpaired) electrons. The van der Waals surface area contributed by atoms with E-state index in [9.17, 15) is 12.8 Å². The van der Waals surface area contributed by atoms with Crippen LogP contribution in [0, 0.1) is 5.82 Å². The number of halogens is 2. The van der Waals surface area contributed by atoms with Crippen LogP contribution in [0.2, 0.25) is 0 Å². The highest BCUT2D eigenvalue weighted by atomic mass is 79.9. The van der Waals surface area contributed by atoms with E-state index in [1.165, 1.54) is 17.7 Å². The van der Waals surface area contributed by atoms with Crippen molar-refractivity contribution in [3.8, 4) is 0 Å². The van der Waals surface area contributed by atoms with Crippen molar-refractivity contribution in [2.24, 2.45) is 0 Å². The molecule has 1 N–H and O–H groups in total. The van der Waals surface area contributed by atoms with Crippen LogP contribution in [0.3, 0.4) is 0 Å². The van der Waals surface area contributed by atoms with Gasteiger partial charge in [-0.1, -0.05) is 19.1 Å². The normalized spacial score (nSPS) is 18.2. The van der Waals surface area contributed by atoms with Gasteiger partial charge < -0.3 is 4.90 Å². The molecule has 26 heavy (non-hydrogen) atoms. The van der Waals surface area contributed by atoms with Crippen LogP contribution in [0.4, 0.5) is 10.1 Å². The highest BCUT2D eigenvalue weighted by molar-refractivity contribution is 9.10. The lowest BCUT2D eigenvalue weighted by atomic mass is 9.98. The molecular weight excluding hydrogens is 419 g/mol. The van der Waals surface area contributed by atoms with E-state index in [0.717, 1.165) is 38.5 Å².